The van der Waals surface area contributed by atoms with Gasteiger partial charge in [-0.15, -0.1) is 0 Å². The summed E-state index contributed by atoms with van der Waals surface area (Å²) < 4.78 is 32.9. The molecule has 0 saturated carbocycles. The number of hydrogen-bond donors (Lipinski definition) is 0. The third kappa shape index (κ3) is 3.88. The summed E-state index contributed by atoms with van der Waals surface area (Å²) >= 11 is 0. The van der Waals surface area contributed by atoms with Crippen molar-refractivity contribution < 1.29 is 13.2 Å². The van der Waals surface area contributed by atoms with E-state index in [0.29, 0.717) is 18.2 Å². The molecule has 0 aliphatic carbocycles. The van der Waals surface area contributed by atoms with Gasteiger partial charge in [0.25, 0.3) is 5.88 Å². The van der Waals surface area contributed by atoms with Gasteiger partial charge in [0.15, 0.2) is 5.82 Å². The Morgan fingerprint density at radius 1 is 1.24 bits per heavy atom. The van der Waals surface area contributed by atoms with E-state index in [1.165, 1.54) is 10.5 Å². The Morgan fingerprint density at radius 2 is 2.04 bits per heavy atom. The fourth-order valence-electron chi connectivity index (χ4n) is 2.73. The van der Waals surface area contributed by atoms with Gasteiger partial charge in [-0.3, -0.25) is 4.98 Å². The van der Waals surface area contributed by atoms with E-state index in [1.54, 1.807) is 30.7 Å². The minimum absolute atomic E-state index is 0.198. The quantitative estimate of drug-likeness (QED) is 0.788. The maximum Gasteiger partial charge on any atom is 0.257 e. The number of ether oxygens (including phenoxy) is 1. The van der Waals surface area contributed by atoms with Crippen molar-refractivity contribution in [3.8, 4) is 5.88 Å². The van der Waals surface area contributed by atoms with Crippen molar-refractivity contribution in [3.63, 3.8) is 0 Å². The Kier molecular flexibility index (Phi) is 5.14. The second kappa shape index (κ2) is 7.32. The van der Waals surface area contributed by atoms with Crippen LogP contribution in [0, 0.1) is 0 Å². The molecular weight excluding hydrogens is 342 g/mol. The first-order valence-corrected chi connectivity index (χ1v) is 9.47. The first-order valence-electron chi connectivity index (χ1n) is 8.03. The van der Waals surface area contributed by atoms with Gasteiger partial charge < -0.3 is 9.64 Å². The first-order chi connectivity index (χ1) is 12.0. The zero-order valence-corrected chi connectivity index (χ0v) is 15.1. The van der Waals surface area contributed by atoms with Crippen molar-refractivity contribution in [2.45, 2.75) is 23.8 Å². The van der Waals surface area contributed by atoms with Crippen LogP contribution in [0.5, 0.6) is 5.88 Å². The molecule has 1 atom stereocenters. The van der Waals surface area contributed by atoms with Gasteiger partial charge in [0, 0.05) is 45.4 Å². The van der Waals surface area contributed by atoms with E-state index in [1.807, 2.05) is 19.0 Å². The standard InChI is InChI=1S/C16H21N5O3S/c1-20(2)15-16(19-9-8-18-15)24-13-5-4-10-21(12-13)25(22,23)14-6-3-7-17-11-14/h3,6-9,11,13H,4-5,10,12H2,1-2H3. The Balaban J connectivity index is 1.76. The van der Waals surface area contributed by atoms with Crippen LogP contribution in [0.1, 0.15) is 12.8 Å². The predicted molar refractivity (Wildman–Crippen MR) is 93.0 cm³/mol. The number of piperidine rings is 1. The van der Waals surface area contributed by atoms with Crippen LogP contribution in [-0.2, 0) is 10.0 Å². The van der Waals surface area contributed by atoms with Crippen molar-refractivity contribution in [1.82, 2.24) is 19.3 Å². The van der Waals surface area contributed by atoms with Gasteiger partial charge in [-0.1, -0.05) is 0 Å². The van der Waals surface area contributed by atoms with Gasteiger partial charge in [-0.05, 0) is 25.0 Å². The molecule has 3 heterocycles. The Labute approximate surface area is 147 Å². The van der Waals surface area contributed by atoms with Crippen molar-refractivity contribution in [2.75, 3.05) is 32.1 Å². The molecule has 0 bridgehead atoms. The molecule has 0 amide bonds. The van der Waals surface area contributed by atoms with Gasteiger partial charge in [-0.25, -0.2) is 18.4 Å². The summed E-state index contributed by atoms with van der Waals surface area (Å²) in [6, 6.07) is 3.17. The van der Waals surface area contributed by atoms with Gasteiger partial charge in [0.2, 0.25) is 10.0 Å². The van der Waals surface area contributed by atoms with Crippen LogP contribution in [0.25, 0.3) is 0 Å². The first kappa shape index (κ1) is 17.6. The average Bonchev–Trinajstić information content (AvgIpc) is 2.63. The molecule has 2 aromatic rings. The molecule has 0 N–H and O–H groups in total. The molecule has 2 aromatic heterocycles. The highest BCUT2D eigenvalue weighted by atomic mass is 32.2. The molecule has 134 valence electrons. The maximum atomic E-state index is 12.8. The summed E-state index contributed by atoms with van der Waals surface area (Å²) in [5, 5.41) is 0. The van der Waals surface area contributed by atoms with Crippen LogP contribution in [0.15, 0.2) is 41.8 Å². The molecule has 1 fully saturated rings. The zero-order valence-electron chi connectivity index (χ0n) is 14.2. The normalized spacial score (nSPS) is 18.7. The molecule has 1 aliphatic rings. The lowest BCUT2D eigenvalue weighted by molar-refractivity contribution is 0.125. The lowest BCUT2D eigenvalue weighted by atomic mass is 10.1. The minimum Gasteiger partial charge on any atom is -0.470 e. The van der Waals surface area contributed by atoms with E-state index in [-0.39, 0.29) is 17.5 Å². The van der Waals surface area contributed by atoms with Crippen molar-refractivity contribution in [3.05, 3.63) is 36.9 Å². The SMILES string of the molecule is CN(C)c1nccnc1OC1CCCN(S(=O)(=O)c2cccnc2)C1. The molecule has 1 unspecified atom stereocenters. The Hall–Kier alpha value is -2.26. The molecular formula is C16H21N5O3S. The molecule has 25 heavy (non-hydrogen) atoms. The van der Waals surface area contributed by atoms with Crippen LogP contribution < -0.4 is 9.64 Å². The number of hydrogen-bond acceptors (Lipinski definition) is 7. The zero-order chi connectivity index (χ0) is 17.9. The molecule has 1 saturated heterocycles. The lowest BCUT2D eigenvalue weighted by Gasteiger charge is -2.32. The van der Waals surface area contributed by atoms with Crippen LogP contribution in [-0.4, -0.2) is 61.0 Å². The molecule has 0 radical (unpaired) electrons. The fraction of sp³-hybridized carbons (Fsp3) is 0.438. The average molecular weight is 363 g/mol. The summed E-state index contributed by atoms with van der Waals surface area (Å²) in [5.74, 6) is 1.04. The largest absolute Gasteiger partial charge is 0.470 e. The summed E-state index contributed by atoms with van der Waals surface area (Å²) in [4.78, 5) is 14.4. The molecule has 1 aliphatic heterocycles. The van der Waals surface area contributed by atoms with Crippen LogP contribution >= 0.6 is 0 Å². The van der Waals surface area contributed by atoms with E-state index < -0.39 is 10.0 Å². The third-order valence-electron chi connectivity index (χ3n) is 3.96. The number of pyridine rings is 1. The molecule has 8 nitrogen and oxygen atoms in total. The number of sulfonamides is 1. The van der Waals surface area contributed by atoms with Crippen LogP contribution in [0.4, 0.5) is 5.82 Å². The molecule has 0 aromatic carbocycles. The highest BCUT2D eigenvalue weighted by Gasteiger charge is 2.32. The number of anilines is 1. The highest BCUT2D eigenvalue weighted by Crippen LogP contribution is 2.26. The summed E-state index contributed by atoms with van der Waals surface area (Å²) in [7, 11) is 0.147. The Morgan fingerprint density at radius 3 is 2.76 bits per heavy atom. The predicted octanol–water partition coefficient (Wildman–Crippen LogP) is 1.17. The van der Waals surface area contributed by atoms with E-state index in [4.69, 9.17) is 4.74 Å². The van der Waals surface area contributed by atoms with Crippen molar-refractivity contribution in [1.29, 1.82) is 0 Å². The van der Waals surface area contributed by atoms with Gasteiger partial charge in [0.1, 0.15) is 11.0 Å². The summed E-state index contributed by atoms with van der Waals surface area (Å²) in [6.45, 7) is 0.749. The Bertz CT molecular complexity index is 814. The molecule has 0 spiro atoms. The van der Waals surface area contributed by atoms with Crippen LogP contribution in [0.2, 0.25) is 0 Å². The molecule has 9 heteroatoms. The van der Waals surface area contributed by atoms with E-state index >= 15 is 0 Å². The van der Waals surface area contributed by atoms with E-state index in [9.17, 15) is 8.42 Å². The third-order valence-corrected chi connectivity index (χ3v) is 5.81. The lowest BCUT2D eigenvalue weighted by Crippen LogP contribution is -2.44. The minimum atomic E-state index is -3.57. The number of aromatic nitrogens is 3. The van der Waals surface area contributed by atoms with E-state index in [0.717, 1.165) is 12.8 Å². The monoisotopic (exact) mass is 363 g/mol. The van der Waals surface area contributed by atoms with Gasteiger partial charge in [0.05, 0.1) is 6.54 Å². The second-order valence-corrected chi connectivity index (χ2v) is 7.95. The summed E-state index contributed by atoms with van der Waals surface area (Å²) in [5.41, 5.74) is 0. The second-order valence-electron chi connectivity index (χ2n) is 6.01. The summed E-state index contributed by atoms with van der Waals surface area (Å²) in [6.07, 6.45) is 7.31. The van der Waals surface area contributed by atoms with Crippen LogP contribution in [0.3, 0.4) is 0 Å². The van der Waals surface area contributed by atoms with Crippen molar-refractivity contribution in [2.24, 2.45) is 0 Å². The van der Waals surface area contributed by atoms with Gasteiger partial charge >= 0.3 is 0 Å². The maximum absolute atomic E-state index is 12.8. The smallest absolute Gasteiger partial charge is 0.257 e. The number of nitrogens with zero attached hydrogens (tertiary/aromatic N) is 5. The topological polar surface area (TPSA) is 88.5 Å². The number of rotatable bonds is 5. The highest BCUT2D eigenvalue weighted by molar-refractivity contribution is 7.89. The molecule has 3 rings (SSSR count). The van der Waals surface area contributed by atoms with Gasteiger partial charge in [-0.2, -0.15) is 4.31 Å². The fourth-order valence-corrected chi connectivity index (χ4v) is 4.21. The van der Waals surface area contributed by atoms with E-state index in [2.05, 4.69) is 15.0 Å². The van der Waals surface area contributed by atoms with Crippen molar-refractivity contribution >= 4 is 15.8 Å².